The van der Waals surface area contributed by atoms with Crippen LogP contribution in [0.15, 0.2) is 116 Å². The molecule has 4 rings (SSSR count). The van der Waals surface area contributed by atoms with E-state index in [1.54, 1.807) is 0 Å². The topological polar surface area (TPSA) is 29.1 Å². The van der Waals surface area contributed by atoms with Crippen molar-refractivity contribution < 1.29 is 4.57 Å². The average molecular weight is 411 g/mol. The summed E-state index contributed by atoms with van der Waals surface area (Å²) in [5.41, 5.74) is 1.10. The molecule has 2 nitrogen and oxygen atoms in total. The van der Waals surface area contributed by atoms with Crippen molar-refractivity contribution in [2.45, 2.75) is 13.0 Å². The highest BCUT2D eigenvalue weighted by Crippen LogP contribution is 2.43. The summed E-state index contributed by atoms with van der Waals surface area (Å²) in [6.07, 6.45) is 1.92. The van der Waals surface area contributed by atoms with Gasteiger partial charge in [-0.1, -0.05) is 85.8 Å². The monoisotopic (exact) mass is 411 g/mol. The third kappa shape index (κ3) is 4.03. The summed E-state index contributed by atoms with van der Waals surface area (Å²) in [6.45, 7) is 6.13. The Morgan fingerprint density at radius 2 is 1.30 bits per heavy atom. The van der Waals surface area contributed by atoms with E-state index < -0.39 is 7.29 Å². The summed E-state index contributed by atoms with van der Waals surface area (Å²) >= 11 is 0. The minimum Gasteiger partial charge on any atom is -0.297 e. The number of hydrogen-bond acceptors (Lipinski definition) is 1. The van der Waals surface area contributed by atoms with Crippen molar-refractivity contribution in [1.82, 2.24) is 5.09 Å². The van der Waals surface area contributed by atoms with Crippen molar-refractivity contribution in [2.24, 2.45) is 5.92 Å². The molecule has 0 bridgehead atoms. The van der Waals surface area contributed by atoms with Crippen LogP contribution in [0.2, 0.25) is 0 Å². The van der Waals surface area contributed by atoms with Crippen LogP contribution in [0.4, 0.5) is 0 Å². The highest BCUT2D eigenvalue weighted by atomic mass is 31.2. The predicted octanol–water partition coefficient (Wildman–Crippen LogP) is 6.22. The molecule has 0 aliphatic carbocycles. The van der Waals surface area contributed by atoms with E-state index in [0.29, 0.717) is 0 Å². The number of hydrogen-bond donors (Lipinski definition) is 1. The average Bonchev–Trinajstić information content (AvgIpc) is 2.82. The van der Waals surface area contributed by atoms with Crippen LogP contribution in [0, 0.1) is 5.92 Å². The van der Waals surface area contributed by atoms with Gasteiger partial charge in [0.2, 0.25) is 7.29 Å². The summed E-state index contributed by atoms with van der Waals surface area (Å²) in [4.78, 5) is 0. The Labute approximate surface area is 178 Å². The number of benzene rings is 4. The summed E-state index contributed by atoms with van der Waals surface area (Å²) in [6, 6.07) is 34.0. The van der Waals surface area contributed by atoms with Gasteiger partial charge in [0.15, 0.2) is 0 Å². The zero-order valence-corrected chi connectivity index (χ0v) is 18.0. The van der Waals surface area contributed by atoms with Crippen LogP contribution in [0.25, 0.3) is 10.8 Å². The Morgan fingerprint density at radius 3 is 1.87 bits per heavy atom. The smallest absolute Gasteiger partial charge is 0.205 e. The van der Waals surface area contributed by atoms with Crippen LogP contribution in [0.5, 0.6) is 0 Å². The molecule has 1 N–H and O–H groups in total. The van der Waals surface area contributed by atoms with E-state index in [1.165, 1.54) is 10.8 Å². The molecule has 2 unspecified atom stereocenters. The van der Waals surface area contributed by atoms with Crippen molar-refractivity contribution in [3.05, 3.63) is 121 Å². The first-order chi connectivity index (χ1) is 14.6. The number of nitrogens with one attached hydrogen (secondary N) is 1. The maximum absolute atomic E-state index is 14.5. The summed E-state index contributed by atoms with van der Waals surface area (Å²) in [5, 5.41) is 7.56. The molecule has 0 saturated carbocycles. The largest absolute Gasteiger partial charge is 0.297 e. The first-order valence-corrected chi connectivity index (χ1v) is 11.9. The zero-order valence-electron chi connectivity index (χ0n) is 17.1. The molecule has 0 spiro atoms. The molecule has 4 aromatic carbocycles. The van der Waals surface area contributed by atoms with Gasteiger partial charge in [0.1, 0.15) is 0 Å². The molecule has 0 fully saturated rings. The summed E-state index contributed by atoms with van der Waals surface area (Å²) in [7, 11) is -3.07. The van der Waals surface area contributed by atoms with Gasteiger partial charge < -0.3 is 0 Å². The van der Waals surface area contributed by atoms with Crippen LogP contribution in [0.3, 0.4) is 0 Å². The number of fused-ring (bicyclic) bond motifs is 1. The van der Waals surface area contributed by atoms with Crippen molar-refractivity contribution in [1.29, 1.82) is 0 Å². The quantitative estimate of drug-likeness (QED) is 0.289. The van der Waals surface area contributed by atoms with Gasteiger partial charge in [-0.3, -0.25) is 9.65 Å². The lowest BCUT2D eigenvalue weighted by Gasteiger charge is -2.30. The van der Waals surface area contributed by atoms with E-state index in [0.717, 1.165) is 16.2 Å². The van der Waals surface area contributed by atoms with Crippen LogP contribution < -0.4 is 15.7 Å². The fraction of sp³-hybridized carbons (Fsp3) is 0.111. The Hall–Kier alpha value is -2.93. The van der Waals surface area contributed by atoms with Gasteiger partial charge in [-0.25, -0.2) is 0 Å². The molecule has 0 aliphatic heterocycles. The second-order valence-corrected chi connectivity index (χ2v) is 10.1. The van der Waals surface area contributed by atoms with Gasteiger partial charge in [0.25, 0.3) is 0 Å². The van der Waals surface area contributed by atoms with E-state index in [1.807, 2.05) is 78.9 Å². The standard InChI is InChI=1S/C27H26NOP/c1-3-21(2)27(24-19-18-22-12-10-11-13-23(22)20-24)28-30(29,25-14-6-4-7-15-25)26-16-8-5-9-17-26/h3-21,27H,1H2,2H3,(H,28,29). The van der Waals surface area contributed by atoms with E-state index in [4.69, 9.17) is 0 Å². The van der Waals surface area contributed by atoms with Crippen LogP contribution in [-0.4, -0.2) is 0 Å². The highest BCUT2D eigenvalue weighted by Gasteiger charge is 2.32. The molecule has 4 aromatic rings. The SMILES string of the molecule is C=CC(C)C(NP(=O)(c1ccccc1)c1ccccc1)c1ccc2ccccc2c1. The first kappa shape index (κ1) is 20.3. The molecule has 0 amide bonds. The Bertz CT molecular complexity index is 1140. The fourth-order valence-corrected chi connectivity index (χ4v) is 6.36. The zero-order chi connectivity index (χ0) is 21.0. The minimum atomic E-state index is -3.07. The molecule has 0 saturated heterocycles. The molecule has 3 heteroatoms. The summed E-state index contributed by atoms with van der Waals surface area (Å²) in [5.74, 6) is 0.0897. The van der Waals surface area contributed by atoms with E-state index in [2.05, 4.69) is 48.9 Å². The van der Waals surface area contributed by atoms with Gasteiger partial charge in [-0.2, -0.15) is 0 Å². The van der Waals surface area contributed by atoms with Crippen LogP contribution in [0.1, 0.15) is 18.5 Å². The van der Waals surface area contributed by atoms with Crippen LogP contribution >= 0.6 is 7.29 Å². The fourth-order valence-electron chi connectivity index (χ4n) is 3.80. The normalized spacial score (nSPS) is 13.6. The van der Waals surface area contributed by atoms with Gasteiger partial charge in [-0.15, -0.1) is 6.58 Å². The summed E-state index contributed by atoms with van der Waals surface area (Å²) < 4.78 is 14.5. The molecule has 150 valence electrons. The van der Waals surface area contributed by atoms with Gasteiger partial charge in [0.05, 0.1) is 0 Å². The molecule has 0 aliphatic rings. The Balaban J connectivity index is 1.83. The molecule has 0 heterocycles. The first-order valence-electron chi connectivity index (χ1n) is 10.2. The molecule has 0 radical (unpaired) electrons. The lowest BCUT2D eigenvalue weighted by Crippen LogP contribution is -2.33. The highest BCUT2D eigenvalue weighted by molar-refractivity contribution is 7.76. The number of rotatable bonds is 7. The molecule has 0 aromatic heterocycles. The molecule has 2 atom stereocenters. The van der Waals surface area contributed by atoms with E-state index >= 15 is 0 Å². The Morgan fingerprint density at radius 1 is 0.767 bits per heavy atom. The van der Waals surface area contributed by atoms with E-state index in [9.17, 15) is 4.57 Å². The maximum Gasteiger partial charge on any atom is 0.205 e. The third-order valence-electron chi connectivity index (χ3n) is 5.59. The minimum absolute atomic E-state index is 0.0897. The van der Waals surface area contributed by atoms with E-state index in [-0.39, 0.29) is 12.0 Å². The van der Waals surface area contributed by atoms with Crippen molar-refractivity contribution in [3.63, 3.8) is 0 Å². The molecule has 30 heavy (non-hydrogen) atoms. The second kappa shape index (κ2) is 8.83. The van der Waals surface area contributed by atoms with Crippen molar-refractivity contribution in [2.75, 3.05) is 0 Å². The lowest BCUT2D eigenvalue weighted by atomic mass is 9.94. The van der Waals surface area contributed by atoms with Crippen molar-refractivity contribution >= 4 is 28.7 Å². The van der Waals surface area contributed by atoms with Gasteiger partial charge in [0, 0.05) is 16.7 Å². The Kier molecular flexibility index (Phi) is 5.99. The molecular formula is C27H26NOP. The predicted molar refractivity (Wildman–Crippen MR) is 129 cm³/mol. The van der Waals surface area contributed by atoms with Crippen LogP contribution in [-0.2, 0) is 4.57 Å². The second-order valence-electron chi connectivity index (χ2n) is 7.59. The van der Waals surface area contributed by atoms with Gasteiger partial charge >= 0.3 is 0 Å². The third-order valence-corrected chi connectivity index (χ3v) is 8.28. The lowest BCUT2D eigenvalue weighted by molar-refractivity contribution is 0.505. The molecular weight excluding hydrogens is 385 g/mol. The van der Waals surface area contributed by atoms with Gasteiger partial charge in [-0.05, 0) is 52.6 Å². The maximum atomic E-state index is 14.5. The van der Waals surface area contributed by atoms with Crippen molar-refractivity contribution in [3.8, 4) is 0 Å².